The zero-order valence-electron chi connectivity index (χ0n) is 14.7. The summed E-state index contributed by atoms with van der Waals surface area (Å²) < 4.78 is 12.9. The molecule has 0 fully saturated rings. The fourth-order valence-corrected chi connectivity index (χ4v) is 2.74. The molecule has 0 unspecified atom stereocenters. The van der Waals surface area contributed by atoms with Crippen molar-refractivity contribution in [3.8, 4) is 0 Å². The number of hydrogen-bond acceptors (Lipinski definition) is 4. The molecular formula is C20H20ClFN4. The van der Waals surface area contributed by atoms with E-state index in [0.29, 0.717) is 23.3 Å². The predicted molar refractivity (Wildman–Crippen MR) is 105 cm³/mol. The molecule has 134 valence electrons. The molecule has 0 aliphatic rings. The number of aromatic nitrogens is 2. The molecule has 6 heteroatoms. The molecule has 0 saturated carbocycles. The Morgan fingerprint density at radius 3 is 2.58 bits per heavy atom. The topological polar surface area (TPSA) is 49.8 Å². The van der Waals surface area contributed by atoms with Gasteiger partial charge < -0.3 is 10.6 Å². The molecule has 0 saturated heterocycles. The van der Waals surface area contributed by atoms with Crippen molar-refractivity contribution >= 4 is 29.1 Å². The van der Waals surface area contributed by atoms with Crippen LogP contribution in [0.25, 0.3) is 0 Å². The van der Waals surface area contributed by atoms with Crippen LogP contribution in [0.1, 0.15) is 16.8 Å². The lowest BCUT2D eigenvalue weighted by atomic mass is 10.1. The van der Waals surface area contributed by atoms with E-state index in [9.17, 15) is 4.39 Å². The molecule has 0 aliphatic carbocycles. The van der Waals surface area contributed by atoms with Crippen LogP contribution in [-0.4, -0.2) is 16.5 Å². The van der Waals surface area contributed by atoms with Gasteiger partial charge >= 0.3 is 0 Å². The summed E-state index contributed by atoms with van der Waals surface area (Å²) in [4.78, 5) is 8.92. The van der Waals surface area contributed by atoms with Gasteiger partial charge in [-0.3, -0.25) is 0 Å². The molecule has 0 aliphatic heterocycles. The van der Waals surface area contributed by atoms with Crippen molar-refractivity contribution in [3.05, 3.63) is 76.2 Å². The van der Waals surface area contributed by atoms with Gasteiger partial charge in [-0.05, 0) is 55.7 Å². The lowest BCUT2D eigenvalue weighted by molar-refractivity contribution is 0.627. The van der Waals surface area contributed by atoms with E-state index in [1.807, 2.05) is 38.1 Å². The predicted octanol–water partition coefficient (Wildman–Crippen LogP) is 5.28. The minimum Gasteiger partial charge on any atom is -0.354 e. The van der Waals surface area contributed by atoms with E-state index in [4.69, 9.17) is 11.6 Å². The third-order valence-electron chi connectivity index (χ3n) is 3.99. The van der Waals surface area contributed by atoms with Crippen LogP contribution in [0.5, 0.6) is 0 Å². The zero-order chi connectivity index (χ0) is 18.5. The van der Waals surface area contributed by atoms with Crippen molar-refractivity contribution in [3.63, 3.8) is 0 Å². The maximum atomic E-state index is 12.9. The lowest BCUT2D eigenvalue weighted by Gasteiger charge is -2.12. The standard InChI is InChI=1S/C20H20ClFN4/c1-13-12-19(25-18-5-3-4-17(21)14(18)2)26-20(24-13)23-11-10-15-6-8-16(22)9-7-15/h3-9,12H,10-11H2,1-2H3,(H2,23,24,25,26). The molecule has 0 amide bonds. The van der Waals surface area contributed by atoms with Gasteiger partial charge in [-0.1, -0.05) is 29.8 Å². The summed E-state index contributed by atoms with van der Waals surface area (Å²) in [5.74, 6) is 1.03. The van der Waals surface area contributed by atoms with Gasteiger partial charge in [0.1, 0.15) is 11.6 Å². The Labute approximate surface area is 157 Å². The van der Waals surface area contributed by atoms with Crippen LogP contribution < -0.4 is 10.6 Å². The second kappa shape index (κ2) is 8.15. The third-order valence-corrected chi connectivity index (χ3v) is 4.40. The van der Waals surface area contributed by atoms with E-state index in [2.05, 4.69) is 20.6 Å². The van der Waals surface area contributed by atoms with Gasteiger partial charge in [0, 0.05) is 29.0 Å². The van der Waals surface area contributed by atoms with Crippen molar-refractivity contribution in [2.45, 2.75) is 20.3 Å². The highest BCUT2D eigenvalue weighted by atomic mass is 35.5. The number of aryl methyl sites for hydroxylation is 1. The number of rotatable bonds is 6. The third kappa shape index (κ3) is 4.70. The van der Waals surface area contributed by atoms with Crippen LogP contribution in [0.3, 0.4) is 0 Å². The normalized spacial score (nSPS) is 10.6. The highest BCUT2D eigenvalue weighted by molar-refractivity contribution is 6.31. The van der Waals surface area contributed by atoms with E-state index in [0.717, 1.165) is 28.9 Å². The van der Waals surface area contributed by atoms with E-state index >= 15 is 0 Å². The number of hydrogen-bond donors (Lipinski definition) is 2. The number of nitrogens with one attached hydrogen (secondary N) is 2. The zero-order valence-corrected chi connectivity index (χ0v) is 15.4. The maximum Gasteiger partial charge on any atom is 0.224 e. The molecule has 3 aromatic rings. The Kier molecular flexibility index (Phi) is 5.68. The van der Waals surface area contributed by atoms with Gasteiger partial charge in [0.15, 0.2) is 0 Å². The first-order valence-corrected chi connectivity index (χ1v) is 8.75. The average Bonchev–Trinajstić information content (AvgIpc) is 2.60. The molecule has 2 aromatic carbocycles. The van der Waals surface area contributed by atoms with Crippen molar-refractivity contribution in [1.29, 1.82) is 0 Å². The first-order valence-electron chi connectivity index (χ1n) is 8.37. The van der Waals surface area contributed by atoms with Crippen LogP contribution in [0.15, 0.2) is 48.5 Å². The van der Waals surface area contributed by atoms with E-state index in [-0.39, 0.29) is 5.82 Å². The van der Waals surface area contributed by atoms with Gasteiger partial charge in [-0.25, -0.2) is 9.37 Å². The highest BCUT2D eigenvalue weighted by Gasteiger charge is 2.06. The second-order valence-corrected chi connectivity index (χ2v) is 6.47. The van der Waals surface area contributed by atoms with Crippen LogP contribution >= 0.6 is 11.6 Å². The minimum absolute atomic E-state index is 0.226. The van der Waals surface area contributed by atoms with Gasteiger partial charge in [-0.2, -0.15) is 4.98 Å². The second-order valence-electron chi connectivity index (χ2n) is 6.06. The maximum absolute atomic E-state index is 12.9. The fraction of sp³-hybridized carbons (Fsp3) is 0.200. The summed E-state index contributed by atoms with van der Waals surface area (Å²) in [7, 11) is 0. The van der Waals surface area contributed by atoms with Gasteiger partial charge in [0.05, 0.1) is 0 Å². The van der Waals surface area contributed by atoms with Crippen molar-refractivity contribution < 1.29 is 4.39 Å². The SMILES string of the molecule is Cc1cc(Nc2cccc(Cl)c2C)nc(NCCc2ccc(F)cc2)n1. The molecule has 0 radical (unpaired) electrons. The smallest absolute Gasteiger partial charge is 0.224 e. The monoisotopic (exact) mass is 370 g/mol. The number of nitrogens with zero attached hydrogens (tertiary/aromatic N) is 2. The molecule has 0 spiro atoms. The molecule has 3 rings (SSSR count). The Morgan fingerprint density at radius 2 is 1.81 bits per heavy atom. The summed E-state index contributed by atoms with van der Waals surface area (Å²) in [5.41, 5.74) is 3.79. The average molecular weight is 371 g/mol. The van der Waals surface area contributed by atoms with Gasteiger partial charge in [0.2, 0.25) is 5.95 Å². The fourth-order valence-electron chi connectivity index (χ4n) is 2.56. The first kappa shape index (κ1) is 18.1. The molecular weight excluding hydrogens is 351 g/mol. The number of anilines is 3. The van der Waals surface area contributed by atoms with Crippen molar-refractivity contribution in [2.75, 3.05) is 17.2 Å². The Morgan fingerprint density at radius 1 is 1.04 bits per heavy atom. The van der Waals surface area contributed by atoms with Crippen LogP contribution in [0.2, 0.25) is 5.02 Å². The van der Waals surface area contributed by atoms with Gasteiger partial charge in [0.25, 0.3) is 0 Å². The molecule has 4 nitrogen and oxygen atoms in total. The quantitative estimate of drug-likeness (QED) is 0.619. The molecule has 26 heavy (non-hydrogen) atoms. The summed E-state index contributed by atoms with van der Waals surface area (Å²) in [6.45, 7) is 4.54. The van der Waals surface area contributed by atoms with Crippen LogP contribution in [0, 0.1) is 19.7 Å². The Balaban J connectivity index is 1.67. The molecule has 1 heterocycles. The molecule has 0 atom stereocenters. The summed E-state index contributed by atoms with van der Waals surface area (Å²) >= 11 is 6.17. The van der Waals surface area contributed by atoms with Gasteiger partial charge in [-0.15, -0.1) is 0 Å². The number of benzene rings is 2. The van der Waals surface area contributed by atoms with Crippen molar-refractivity contribution in [2.24, 2.45) is 0 Å². The summed E-state index contributed by atoms with van der Waals surface area (Å²) in [6, 6.07) is 14.1. The summed E-state index contributed by atoms with van der Waals surface area (Å²) in [6.07, 6.45) is 0.758. The molecule has 1 aromatic heterocycles. The molecule has 0 bridgehead atoms. The van der Waals surface area contributed by atoms with Crippen LogP contribution in [-0.2, 0) is 6.42 Å². The van der Waals surface area contributed by atoms with E-state index < -0.39 is 0 Å². The van der Waals surface area contributed by atoms with Crippen LogP contribution in [0.4, 0.5) is 21.8 Å². The Bertz CT molecular complexity index is 897. The largest absolute Gasteiger partial charge is 0.354 e. The minimum atomic E-state index is -0.226. The highest BCUT2D eigenvalue weighted by Crippen LogP contribution is 2.26. The molecule has 2 N–H and O–H groups in total. The number of halogens is 2. The first-order chi connectivity index (χ1) is 12.5. The van der Waals surface area contributed by atoms with E-state index in [1.165, 1.54) is 12.1 Å². The van der Waals surface area contributed by atoms with E-state index in [1.54, 1.807) is 12.1 Å². The Hall–Kier alpha value is -2.66. The summed E-state index contributed by atoms with van der Waals surface area (Å²) in [5, 5.41) is 7.22. The van der Waals surface area contributed by atoms with Crippen molar-refractivity contribution in [1.82, 2.24) is 9.97 Å². The lowest BCUT2D eigenvalue weighted by Crippen LogP contribution is -2.10.